The number of carbonyl (C=O) groups excluding carboxylic acids is 2. The van der Waals surface area contributed by atoms with Crippen LogP contribution in [0.4, 0.5) is 0 Å². The number of nitrogens with zero attached hydrogens (tertiary/aromatic N) is 1. The Bertz CT molecular complexity index is 816. The minimum absolute atomic E-state index is 0.0786. The van der Waals surface area contributed by atoms with Crippen molar-refractivity contribution in [3.63, 3.8) is 0 Å². The summed E-state index contributed by atoms with van der Waals surface area (Å²) in [5.74, 6) is 0.915. The second-order valence-electron chi connectivity index (χ2n) is 7.14. The maximum Gasteiger partial charge on any atom is 0.243 e. The van der Waals surface area contributed by atoms with Crippen LogP contribution in [0.3, 0.4) is 0 Å². The third-order valence-electron chi connectivity index (χ3n) is 4.92. The zero-order chi connectivity index (χ0) is 18.7. The van der Waals surface area contributed by atoms with E-state index in [0.29, 0.717) is 19.5 Å². The topological polar surface area (TPSA) is 58.6 Å². The Morgan fingerprint density at radius 3 is 2.58 bits per heavy atom. The zero-order valence-electron chi connectivity index (χ0n) is 15.6. The van der Waals surface area contributed by atoms with Crippen LogP contribution in [0.25, 0.3) is 10.8 Å². The van der Waals surface area contributed by atoms with Gasteiger partial charge in [-0.25, -0.2) is 0 Å². The molecule has 1 saturated heterocycles. The van der Waals surface area contributed by atoms with Crippen LogP contribution in [-0.4, -0.2) is 36.4 Å². The van der Waals surface area contributed by atoms with Gasteiger partial charge in [-0.3, -0.25) is 9.59 Å². The fraction of sp³-hybridized carbons (Fsp3) is 0.429. The van der Waals surface area contributed by atoms with Crippen LogP contribution in [0.5, 0.6) is 5.75 Å². The van der Waals surface area contributed by atoms with Crippen LogP contribution in [-0.2, 0) is 16.1 Å². The van der Waals surface area contributed by atoms with E-state index in [1.54, 1.807) is 12.0 Å². The molecule has 26 heavy (non-hydrogen) atoms. The molecule has 0 bridgehead atoms. The second-order valence-corrected chi connectivity index (χ2v) is 7.14. The van der Waals surface area contributed by atoms with Crippen molar-refractivity contribution in [2.45, 2.75) is 39.3 Å². The first-order valence-electron chi connectivity index (χ1n) is 9.13. The molecular formula is C21H26N2O3. The molecule has 1 fully saturated rings. The molecule has 1 aliphatic rings. The fourth-order valence-corrected chi connectivity index (χ4v) is 3.57. The van der Waals surface area contributed by atoms with E-state index >= 15 is 0 Å². The van der Waals surface area contributed by atoms with Crippen LogP contribution in [0.15, 0.2) is 36.4 Å². The van der Waals surface area contributed by atoms with Gasteiger partial charge in [-0.05, 0) is 46.9 Å². The number of rotatable bonds is 6. The van der Waals surface area contributed by atoms with Crippen molar-refractivity contribution < 1.29 is 14.3 Å². The summed E-state index contributed by atoms with van der Waals surface area (Å²) >= 11 is 0. The van der Waals surface area contributed by atoms with E-state index in [4.69, 9.17) is 4.74 Å². The van der Waals surface area contributed by atoms with Crippen LogP contribution in [0.1, 0.15) is 32.3 Å². The van der Waals surface area contributed by atoms with Gasteiger partial charge in [0.25, 0.3) is 0 Å². The van der Waals surface area contributed by atoms with Crippen molar-refractivity contribution in [1.29, 1.82) is 0 Å². The maximum absolute atomic E-state index is 12.7. The first-order valence-corrected chi connectivity index (χ1v) is 9.13. The Balaban J connectivity index is 1.69. The number of carbonyl (C=O) groups is 2. The van der Waals surface area contributed by atoms with E-state index in [-0.39, 0.29) is 17.7 Å². The average molecular weight is 354 g/mol. The molecular weight excluding hydrogens is 328 g/mol. The van der Waals surface area contributed by atoms with Crippen LogP contribution < -0.4 is 10.1 Å². The fourth-order valence-electron chi connectivity index (χ4n) is 3.57. The van der Waals surface area contributed by atoms with Gasteiger partial charge in [0.1, 0.15) is 11.8 Å². The maximum atomic E-state index is 12.7. The highest BCUT2D eigenvalue weighted by atomic mass is 16.5. The lowest BCUT2D eigenvalue weighted by Crippen LogP contribution is -2.50. The Morgan fingerprint density at radius 1 is 1.19 bits per heavy atom. The summed E-state index contributed by atoms with van der Waals surface area (Å²) in [6.07, 6.45) is 1.38. The van der Waals surface area contributed by atoms with Crippen molar-refractivity contribution >= 4 is 22.6 Å². The predicted molar refractivity (Wildman–Crippen MR) is 102 cm³/mol. The lowest BCUT2D eigenvalue weighted by atomic mass is 10.0. The third kappa shape index (κ3) is 3.82. The quantitative estimate of drug-likeness (QED) is 0.867. The largest absolute Gasteiger partial charge is 0.497 e. The normalized spacial score (nSPS) is 15.5. The molecule has 1 N–H and O–H groups in total. The highest BCUT2D eigenvalue weighted by molar-refractivity contribution is 5.89. The van der Waals surface area contributed by atoms with Crippen molar-refractivity contribution in [2.24, 2.45) is 5.92 Å². The number of hydrogen-bond acceptors (Lipinski definition) is 3. The molecule has 1 aliphatic heterocycles. The van der Waals surface area contributed by atoms with E-state index in [0.717, 1.165) is 28.5 Å². The van der Waals surface area contributed by atoms with Gasteiger partial charge in [0.15, 0.2) is 0 Å². The van der Waals surface area contributed by atoms with E-state index in [1.807, 2.05) is 44.2 Å². The van der Waals surface area contributed by atoms with Gasteiger partial charge in [0.05, 0.1) is 7.11 Å². The number of methoxy groups -OCH3 is 1. The number of benzene rings is 2. The molecule has 0 aromatic heterocycles. The highest BCUT2D eigenvalue weighted by Gasteiger charge is 2.34. The molecule has 138 valence electrons. The highest BCUT2D eigenvalue weighted by Crippen LogP contribution is 2.22. The second kappa shape index (κ2) is 7.77. The summed E-state index contributed by atoms with van der Waals surface area (Å²) < 4.78 is 5.25. The van der Waals surface area contributed by atoms with Crippen molar-refractivity contribution in [2.75, 3.05) is 13.7 Å². The van der Waals surface area contributed by atoms with E-state index in [2.05, 4.69) is 11.4 Å². The minimum Gasteiger partial charge on any atom is -0.497 e. The first kappa shape index (κ1) is 18.2. The van der Waals surface area contributed by atoms with Crippen LogP contribution >= 0.6 is 0 Å². The molecule has 0 unspecified atom stereocenters. The lowest BCUT2D eigenvalue weighted by Gasteiger charge is -2.29. The number of hydrogen-bond donors (Lipinski definition) is 1. The van der Waals surface area contributed by atoms with Crippen molar-refractivity contribution in [1.82, 2.24) is 10.2 Å². The van der Waals surface area contributed by atoms with Gasteiger partial charge in [-0.1, -0.05) is 32.0 Å². The van der Waals surface area contributed by atoms with Crippen molar-refractivity contribution in [3.8, 4) is 5.75 Å². The molecule has 0 saturated carbocycles. The minimum atomic E-state index is -0.394. The van der Waals surface area contributed by atoms with E-state index in [9.17, 15) is 9.59 Å². The van der Waals surface area contributed by atoms with E-state index < -0.39 is 6.04 Å². The summed E-state index contributed by atoms with van der Waals surface area (Å²) in [6.45, 7) is 5.09. The van der Waals surface area contributed by atoms with Gasteiger partial charge in [-0.2, -0.15) is 0 Å². The Kier molecular flexibility index (Phi) is 5.45. The van der Waals surface area contributed by atoms with Gasteiger partial charge in [0.2, 0.25) is 11.8 Å². The summed E-state index contributed by atoms with van der Waals surface area (Å²) in [7, 11) is 1.65. The lowest BCUT2D eigenvalue weighted by molar-refractivity contribution is -0.139. The Morgan fingerprint density at radius 2 is 1.92 bits per heavy atom. The molecule has 3 rings (SSSR count). The summed E-state index contributed by atoms with van der Waals surface area (Å²) in [5.41, 5.74) is 1.03. The molecule has 2 amide bonds. The molecule has 5 heteroatoms. The molecule has 5 nitrogen and oxygen atoms in total. The Labute approximate surface area is 154 Å². The molecule has 2 aromatic rings. The summed E-state index contributed by atoms with van der Waals surface area (Å²) in [6, 6.07) is 11.6. The van der Waals surface area contributed by atoms with Crippen LogP contribution in [0, 0.1) is 5.92 Å². The smallest absolute Gasteiger partial charge is 0.243 e. The molecule has 0 aliphatic carbocycles. The molecule has 1 atom stereocenters. The van der Waals surface area contributed by atoms with E-state index in [1.165, 1.54) is 0 Å². The molecule has 1 heterocycles. The predicted octanol–water partition coefficient (Wildman–Crippen LogP) is 3.11. The SMILES string of the molecule is COc1ccc2cc(CNC(=O)[C@H](C(C)C)N3CCCC3=O)ccc2c1. The number of amides is 2. The Hall–Kier alpha value is -2.56. The zero-order valence-corrected chi connectivity index (χ0v) is 15.6. The standard InChI is InChI=1S/C21H26N2O3/c1-14(2)20(23-10-4-5-19(23)24)21(25)22-13-15-6-7-17-12-18(26-3)9-8-16(17)11-15/h6-9,11-12,14,20H,4-5,10,13H2,1-3H3,(H,22,25)/t20-/m0/s1. The number of fused-ring (bicyclic) bond motifs is 1. The molecule has 0 radical (unpaired) electrons. The van der Waals surface area contributed by atoms with Crippen LogP contribution in [0.2, 0.25) is 0 Å². The summed E-state index contributed by atoms with van der Waals surface area (Å²) in [4.78, 5) is 26.5. The monoisotopic (exact) mass is 354 g/mol. The summed E-state index contributed by atoms with van der Waals surface area (Å²) in [5, 5.41) is 5.21. The first-order chi connectivity index (χ1) is 12.5. The average Bonchev–Trinajstić information content (AvgIpc) is 3.04. The molecule has 0 spiro atoms. The number of ether oxygens (including phenoxy) is 1. The van der Waals surface area contributed by atoms with Gasteiger partial charge < -0.3 is 15.0 Å². The van der Waals surface area contributed by atoms with Gasteiger partial charge in [-0.15, -0.1) is 0 Å². The molecule has 2 aromatic carbocycles. The number of nitrogens with one attached hydrogen (secondary N) is 1. The van der Waals surface area contributed by atoms with Gasteiger partial charge in [0, 0.05) is 19.5 Å². The van der Waals surface area contributed by atoms with Crippen molar-refractivity contribution in [3.05, 3.63) is 42.0 Å². The van der Waals surface area contributed by atoms with Gasteiger partial charge >= 0.3 is 0 Å². The third-order valence-corrected chi connectivity index (χ3v) is 4.92. The number of likely N-dealkylation sites (tertiary alicyclic amines) is 1.